The molecular formula is C27H40N2. The first-order valence-corrected chi connectivity index (χ1v) is 10.9. The summed E-state index contributed by atoms with van der Waals surface area (Å²) in [5.74, 6) is 0. The largest absolute Gasteiger partial charge is 0.397 e. The number of benzene rings is 1. The van der Waals surface area contributed by atoms with Gasteiger partial charge in [0.05, 0.1) is 11.4 Å². The molecule has 0 aliphatic heterocycles. The molecule has 0 amide bonds. The second-order valence-corrected chi connectivity index (χ2v) is 10.9. The fraction of sp³-hybridized carbons (Fsp3) is 0.519. The van der Waals surface area contributed by atoms with Gasteiger partial charge in [-0.2, -0.15) is 0 Å². The summed E-state index contributed by atoms with van der Waals surface area (Å²) in [5.41, 5.74) is 13.7. The Labute approximate surface area is 178 Å². The number of aliphatic imine (C=N–C) groups is 1. The van der Waals surface area contributed by atoms with Crippen LogP contribution >= 0.6 is 0 Å². The monoisotopic (exact) mass is 392 g/mol. The maximum absolute atomic E-state index is 6.33. The molecule has 0 aromatic heterocycles. The summed E-state index contributed by atoms with van der Waals surface area (Å²) in [4.78, 5) is 5.00. The minimum atomic E-state index is 0.276. The van der Waals surface area contributed by atoms with Crippen LogP contribution in [0.15, 0.2) is 59.1 Å². The van der Waals surface area contributed by atoms with Gasteiger partial charge < -0.3 is 5.73 Å². The van der Waals surface area contributed by atoms with Crippen molar-refractivity contribution >= 4 is 17.1 Å². The van der Waals surface area contributed by atoms with Crippen molar-refractivity contribution in [1.82, 2.24) is 0 Å². The van der Waals surface area contributed by atoms with Gasteiger partial charge in [-0.1, -0.05) is 83.6 Å². The van der Waals surface area contributed by atoms with Gasteiger partial charge >= 0.3 is 0 Å². The minimum absolute atomic E-state index is 0.276. The first-order valence-electron chi connectivity index (χ1n) is 10.9. The lowest BCUT2D eigenvalue weighted by atomic mass is 9.86. The average molecular weight is 393 g/mol. The van der Waals surface area contributed by atoms with E-state index < -0.39 is 0 Å². The number of nitrogens with zero attached hydrogens (tertiary/aromatic N) is 1. The number of allylic oxidation sites excluding steroid dienone is 5. The topological polar surface area (TPSA) is 38.4 Å². The van der Waals surface area contributed by atoms with Crippen LogP contribution in [0.3, 0.4) is 0 Å². The summed E-state index contributed by atoms with van der Waals surface area (Å²) in [6.45, 7) is 18.0. The van der Waals surface area contributed by atoms with Crippen LogP contribution < -0.4 is 5.73 Å². The van der Waals surface area contributed by atoms with E-state index in [0.29, 0.717) is 5.41 Å². The fourth-order valence-corrected chi connectivity index (χ4v) is 3.67. The number of para-hydroxylation sites is 1. The molecule has 1 aromatic rings. The molecule has 2 heteroatoms. The molecule has 0 saturated heterocycles. The Morgan fingerprint density at radius 3 is 2.45 bits per heavy atom. The van der Waals surface area contributed by atoms with Crippen molar-refractivity contribution in [2.24, 2.45) is 15.8 Å². The minimum Gasteiger partial charge on any atom is -0.397 e. The van der Waals surface area contributed by atoms with Gasteiger partial charge in [-0.15, -0.1) is 0 Å². The number of aryl methyl sites for hydroxylation is 1. The lowest BCUT2D eigenvalue weighted by Gasteiger charge is -2.20. The summed E-state index contributed by atoms with van der Waals surface area (Å²) < 4.78 is 0. The van der Waals surface area contributed by atoms with Crippen molar-refractivity contribution in [3.8, 4) is 0 Å². The van der Waals surface area contributed by atoms with E-state index in [1.807, 2.05) is 12.1 Å². The predicted octanol–water partition coefficient (Wildman–Crippen LogP) is 7.98. The van der Waals surface area contributed by atoms with Crippen molar-refractivity contribution in [2.75, 3.05) is 5.73 Å². The molecule has 0 heterocycles. The molecule has 1 aliphatic rings. The van der Waals surface area contributed by atoms with Crippen LogP contribution in [0.4, 0.5) is 11.4 Å². The zero-order valence-corrected chi connectivity index (χ0v) is 19.4. The number of hydrogen-bond acceptors (Lipinski definition) is 2. The van der Waals surface area contributed by atoms with Gasteiger partial charge in [0.1, 0.15) is 0 Å². The molecule has 158 valence electrons. The zero-order chi connectivity index (χ0) is 21.7. The number of nitrogens with two attached hydrogens (primary N) is 1. The highest BCUT2D eigenvalue weighted by atomic mass is 14.8. The molecule has 2 nitrogen and oxygen atoms in total. The van der Waals surface area contributed by atoms with Crippen molar-refractivity contribution < 1.29 is 0 Å². The second kappa shape index (κ2) is 9.61. The van der Waals surface area contributed by atoms with E-state index in [9.17, 15) is 0 Å². The summed E-state index contributed by atoms with van der Waals surface area (Å²) in [6, 6.07) is 6.14. The summed E-state index contributed by atoms with van der Waals surface area (Å²) in [6.07, 6.45) is 12.7. The van der Waals surface area contributed by atoms with Gasteiger partial charge in [0.25, 0.3) is 0 Å². The van der Waals surface area contributed by atoms with Crippen LogP contribution in [0.5, 0.6) is 0 Å². The standard InChI is InChI=1S/C27H40N2/c1-20(19-27(5,6)7)14-15-22-11-9-13-24(28)25(22)29-23-12-8-10-21(18-23)16-17-26(2,3)4/h8-13H,1,14-19,28H2,2-7H3. The van der Waals surface area contributed by atoms with Crippen molar-refractivity contribution in [1.29, 1.82) is 0 Å². The Morgan fingerprint density at radius 2 is 1.79 bits per heavy atom. The first-order chi connectivity index (χ1) is 13.4. The van der Waals surface area contributed by atoms with Crippen LogP contribution in [-0.2, 0) is 6.42 Å². The number of anilines is 1. The van der Waals surface area contributed by atoms with Crippen molar-refractivity contribution in [3.63, 3.8) is 0 Å². The lowest BCUT2D eigenvalue weighted by molar-refractivity contribution is 0.377. The maximum atomic E-state index is 6.33. The highest BCUT2D eigenvalue weighted by Gasteiger charge is 2.15. The molecule has 1 aromatic carbocycles. The van der Waals surface area contributed by atoms with Crippen LogP contribution in [0.2, 0.25) is 0 Å². The van der Waals surface area contributed by atoms with Gasteiger partial charge in [0.2, 0.25) is 0 Å². The number of hydrogen-bond donors (Lipinski definition) is 1. The lowest BCUT2D eigenvalue weighted by Crippen LogP contribution is -2.08. The third-order valence-electron chi connectivity index (χ3n) is 5.16. The Kier molecular flexibility index (Phi) is 7.68. The third-order valence-corrected chi connectivity index (χ3v) is 5.16. The molecule has 0 bridgehead atoms. The highest BCUT2D eigenvalue weighted by Crippen LogP contribution is 2.32. The zero-order valence-electron chi connectivity index (χ0n) is 19.4. The highest BCUT2D eigenvalue weighted by molar-refractivity contribution is 6.00. The summed E-state index contributed by atoms with van der Waals surface area (Å²) in [7, 11) is 0. The van der Waals surface area contributed by atoms with Gasteiger partial charge in [0, 0.05) is 12.1 Å². The molecule has 2 N–H and O–H groups in total. The van der Waals surface area contributed by atoms with Crippen LogP contribution in [-0.4, -0.2) is 5.71 Å². The molecule has 0 unspecified atom stereocenters. The molecular weight excluding hydrogens is 352 g/mol. The molecule has 0 spiro atoms. The fourth-order valence-electron chi connectivity index (χ4n) is 3.67. The van der Waals surface area contributed by atoms with Gasteiger partial charge in [-0.05, 0) is 60.6 Å². The third kappa shape index (κ3) is 8.43. The van der Waals surface area contributed by atoms with E-state index >= 15 is 0 Å². The number of nitrogen functional groups attached to an aromatic ring is 1. The molecule has 2 rings (SSSR count). The normalized spacial score (nSPS) is 16.2. The first kappa shape index (κ1) is 23.2. The average Bonchev–Trinajstić information content (AvgIpc) is 2.59. The van der Waals surface area contributed by atoms with Crippen LogP contribution in [0.25, 0.3) is 0 Å². The Balaban J connectivity index is 2.11. The van der Waals surface area contributed by atoms with E-state index in [0.717, 1.165) is 49.2 Å². The smallest absolute Gasteiger partial charge is 0.0894 e. The molecule has 29 heavy (non-hydrogen) atoms. The quantitative estimate of drug-likeness (QED) is 0.370. The van der Waals surface area contributed by atoms with Crippen LogP contribution in [0.1, 0.15) is 79.2 Å². The summed E-state index contributed by atoms with van der Waals surface area (Å²) in [5, 5.41) is 0. The van der Waals surface area contributed by atoms with Gasteiger partial charge in [-0.25, -0.2) is 0 Å². The van der Waals surface area contributed by atoms with E-state index in [4.69, 9.17) is 10.7 Å². The van der Waals surface area contributed by atoms with Gasteiger partial charge in [-0.3, -0.25) is 4.99 Å². The SMILES string of the molecule is C=C(CCc1cccc(N)c1N=C1C=CC=C(CCC(C)(C)C)C1)CC(C)(C)C. The van der Waals surface area contributed by atoms with E-state index in [-0.39, 0.29) is 5.41 Å². The Morgan fingerprint density at radius 1 is 1.07 bits per heavy atom. The molecule has 0 atom stereocenters. The molecule has 1 aliphatic carbocycles. The molecule has 0 radical (unpaired) electrons. The Bertz CT molecular complexity index is 808. The number of rotatable bonds is 7. The Hall–Kier alpha value is -2.09. The predicted molar refractivity (Wildman–Crippen MR) is 130 cm³/mol. The van der Waals surface area contributed by atoms with Crippen molar-refractivity contribution in [2.45, 2.75) is 80.1 Å². The van der Waals surface area contributed by atoms with E-state index in [2.05, 4.69) is 72.4 Å². The second-order valence-electron chi connectivity index (χ2n) is 10.9. The van der Waals surface area contributed by atoms with Crippen molar-refractivity contribution in [3.05, 3.63) is 59.7 Å². The maximum Gasteiger partial charge on any atom is 0.0894 e. The molecule has 0 saturated carbocycles. The van der Waals surface area contributed by atoms with Crippen LogP contribution in [0, 0.1) is 10.8 Å². The molecule has 0 fully saturated rings. The van der Waals surface area contributed by atoms with E-state index in [1.165, 1.54) is 23.1 Å². The van der Waals surface area contributed by atoms with Gasteiger partial charge in [0.15, 0.2) is 0 Å². The van der Waals surface area contributed by atoms with E-state index in [1.54, 1.807) is 0 Å². The summed E-state index contributed by atoms with van der Waals surface area (Å²) >= 11 is 0.